The maximum absolute atomic E-state index is 12.6. The molecule has 1 unspecified atom stereocenters. The van der Waals surface area contributed by atoms with Gasteiger partial charge in [-0.2, -0.15) is 4.98 Å². The fourth-order valence-corrected chi connectivity index (χ4v) is 2.85. The van der Waals surface area contributed by atoms with Crippen LogP contribution in [-0.4, -0.2) is 34.1 Å². The SMILES string of the molecule is CC(C)c1noc(C2CCCCN2C(=O)COc2ccccc2)n1. The Bertz CT molecular complexity index is 669. The summed E-state index contributed by atoms with van der Waals surface area (Å²) in [6, 6.07) is 9.22. The van der Waals surface area contributed by atoms with Crippen LogP contribution in [0.2, 0.25) is 0 Å². The topological polar surface area (TPSA) is 68.5 Å². The highest BCUT2D eigenvalue weighted by atomic mass is 16.5. The molecule has 1 amide bonds. The molecule has 128 valence electrons. The second-order valence-electron chi connectivity index (χ2n) is 6.35. The molecule has 0 bridgehead atoms. The van der Waals surface area contributed by atoms with Gasteiger partial charge in [0.15, 0.2) is 12.4 Å². The largest absolute Gasteiger partial charge is 0.484 e. The zero-order valence-corrected chi connectivity index (χ0v) is 14.1. The molecule has 0 saturated carbocycles. The number of hydrogen-bond donors (Lipinski definition) is 0. The van der Waals surface area contributed by atoms with Gasteiger partial charge in [0.25, 0.3) is 5.91 Å². The smallest absolute Gasteiger partial charge is 0.261 e. The fraction of sp³-hybridized carbons (Fsp3) is 0.500. The van der Waals surface area contributed by atoms with Crippen LogP contribution in [0.25, 0.3) is 0 Å². The number of likely N-dealkylation sites (tertiary alicyclic amines) is 1. The van der Waals surface area contributed by atoms with Gasteiger partial charge in [0.1, 0.15) is 11.8 Å². The zero-order chi connectivity index (χ0) is 16.9. The summed E-state index contributed by atoms with van der Waals surface area (Å²) in [5.41, 5.74) is 0. The third kappa shape index (κ3) is 3.75. The molecule has 1 atom stereocenters. The number of carbonyl (C=O) groups is 1. The summed E-state index contributed by atoms with van der Waals surface area (Å²) in [4.78, 5) is 18.9. The fourth-order valence-electron chi connectivity index (χ4n) is 2.85. The summed E-state index contributed by atoms with van der Waals surface area (Å²) in [5, 5.41) is 4.02. The van der Waals surface area contributed by atoms with E-state index in [0.29, 0.717) is 24.0 Å². The number of para-hydroxylation sites is 1. The van der Waals surface area contributed by atoms with Gasteiger partial charge in [-0.05, 0) is 31.4 Å². The van der Waals surface area contributed by atoms with Crippen LogP contribution < -0.4 is 4.74 Å². The van der Waals surface area contributed by atoms with Crippen molar-refractivity contribution in [3.05, 3.63) is 42.0 Å². The van der Waals surface area contributed by atoms with Crippen molar-refractivity contribution in [2.24, 2.45) is 0 Å². The summed E-state index contributed by atoms with van der Waals surface area (Å²) < 4.78 is 11.0. The first kappa shape index (κ1) is 16.5. The van der Waals surface area contributed by atoms with Crippen molar-refractivity contribution in [1.29, 1.82) is 0 Å². The Hall–Kier alpha value is -2.37. The van der Waals surface area contributed by atoms with E-state index in [1.165, 1.54) is 0 Å². The number of aromatic nitrogens is 2. The molecule has 0 aliphatic carbocycles. The van der Waals surface area contributed by atoms with Gasteiger partial charge in [0.05, 0.1) is 0 Å². The number of benzene rings is 1. The van der Waals surface area contributed by atoms with E-state index in [2.05, 4.69) is 10.1 Å². The molecule has 2 heterocycles. The van der Waals surface area contributed by atoms with E-state index in [1.54, 1.807) is 0 Å². The highest BCUT2D eigenvalue weighted by molar-refractivity contribution is 5.78. The van der Waals surface area contributed by atoms with Gasteiger partial charge < -0.3 is 14.2 Å². The van der Waals surface area contributed by atoms with E-state index in [0.717, 1.165) is 19.3 Å². The van der Waals surface area contributed by atoms with Crippen LogP contribution >= 0.6 is 0 Å². The molecule has 1 saturated heterocycles. The average molecular weight is 329 g/mol. The molecule has 6 heteroatoms. The minimum Gasteiger partial charge on any atom is -0.484 e. The molecule has 1 aliphatic heterocycles. The van der Waals surface area contributed by atoms with Gasteiger partial charge in [-0.3, -0.25) is 4.79 Å². The Kier molecular flexibility index (Phi) is 5.13. The lowest BCUT2D eigenvalue weighted by Gasteiger charge is -2.33. The number of amides is 1. The van der Waals surface area contributed by atoms with Gasteiger partial charge in [-0.1, -0.05) is 37.2 Å². The number of rotatable bonds is 5. The van der Waals surface area contributed by atoms with Gasteiger partial charge >= 0.3 is 0 Å². The third-order valence-corrected chi connectivity index (χ3v) is 4.19. The summed E-state index contributed by atoms with van der Waals surface area (Å²) in [5.74, 6) is 2.07. The number of carbonyl (C=O) groups excluding carboxylic acids is 1. The molecular weight excluding hydrogens is 306 g/mol. The molecule has 1 aromatic heterocycles. The predicted molar refractivity (Wildman–Crippen MR) is 88.6 cm³/mol. The van der Waals surface area contributed by atoms with E-state index in [9.17, 15) is 4.79 Å². The summed E-state index contributed by atoms with van der Waals surface area (Å²) in [6.07, 6.45) is 2.88. The number of ether oxygens (including phenoxy) is 1. The van der Waals surface area contributed by atoms with Crippen molar-refractivity contribution in [1.82, 2.24) is 15.0 Å². The molecule has 1 aliphatic rings. The first-order valence-corrected chi connectivity index (χ1v) is 8.46. The number of hydrogen-bond acceptors (Lipinski definition) is 5. The van der Waals surface area contributed by atoms with Crippen molar-refractivity contribution in [3.63, 3.8) is 0 Å². The minimum absolute atomic E-state index is 0.0195. The normalized spacial score (nSPS) is 18.0. The van der Waals surface area contributed by atoms with Gasteiger partial charge in [-0.15, -0.1) is 0 Å². The number of nitrogens with zero attached hydrogens (tertiary/aromatic N) is 3. The molecule has 24 heavy (non-hydrogen) atoms. The van der Waals surface area contributed by atoms with Crippen LogP contribution in [0.15, 0.2) is 34.9 Å². The van der Waals surface area contributed by atoms with Gasteiger partial charge in [0.2, 0.25) is 5.89 Å². The predicted octanol–water partition coefficient (Wildman–Crippen LogP) is 3.33. The molecule has 0 radical (unpaired) electrons. The second-order valence-corrected chi connectivity index (χ2v) is 6.35. The zero-order valence-electron chi connectivity index (χ0n) is 14.1. The Morgan fingerprint density at radius 3 is 2.83 bits per heavy atom. The lowest BCUT2D eigenvalue weighted by molar-refractivity contribution is -0.138. The Morgan fingerprint density at radius 2 is 2.12 bits per heavy atom. The van der Waals surface area contributed by atoms with Crippen LogP contribution in [0.3, 0.4) is 0 Å². The van der Waals surface area contributed by atoms with Crippen molar-refractivity contribution in [3.8, 4) is 5.75 Å². The molecule has 0 spiro atoms. The summed E-state index contributed by atoms with van der Waals surface area (Å²) >= 11 is 0. The second kappa shape index (κ2) is 7.47. The Morgan fingerprint density at radius 1 is 1.33 bits per heavy atom. The summed E-state index contributed by atoms with van der Waals surface area (Å²) in [7, 11) is 0. The Labute approximate surface area is 141 Å². The van der Waals surface area contributed by atoms with E-state index >= 15 is 0 Å². The first-order valence-electron chi connectivity index (χ1n) is 8.46. The van der Waals surface area contributed by atoms with E-state index in [-0.39, 0.29) is 24.5 Å². The minimum atomic E-state index is -0.148. The standard InChI is InChI=1S/C18H23N3O3/c1-13(2)17-19-18(24-20-17)15-10-6-7-11-21(15)16(22)12-23-14-8-4-3-5-9-14/h3-5,8-9,13,15H,6-7,10-12H2,1-2H3. The van der Waals surface area contributed by atoms with Crippen molar-refractivity contribution >= 4 is 5.91 Å². The Balaban J connectivity index is 1.68. The molecule has 1 fully saturated rings. The van der Waals surface area contributed by atoms with Crippen LogP contribution in [0, 0.1) is 0 Å². The van der Waals surface area contributed by atoms with Crippen LogP contribution in [0.5, 0.6) is 5.75 Å². The van der Waals surface area contributed by atoms with Crippen molar-refractivity contribution < 1.29 is 14.1 Å². The molecule has 1 aromatic carbocycles. The van der Waals surface area contributed by atoms with E-state index in [4.69, 9.17) is 9.26 Å². The summed E-state index contributed by atoms with van der Waals surface area (Å²) in [6.45, 7) is 4.75. The van der Waals surface area contributed by atoms with E-state index in [1.807, 2.05) is 49.1 Å². The molecule has 6 nitrogen and oxygen atoms in total. The molecular formula is C18H23N3O3. The maximum Gasteiger partial charge on any atom is 0.261 e. The van der Waals surface area contributed by atoms with Crippen LogP contribution in [-0.2, 0) is 4.79 Å². The number of piperidine rings is 1. The third-order valence-electron chi connectivity index (χ3n) is 4.19. The van der Waals surface area contributed by atoms with Gasteiger partial charge in [-0.25, -0.2) is 0 Å². The maximum atomic E-state index is 12.6. The van der Waals surface area contributed by atoms with Crippen LogP contribution in [0.1, 0.15) is 56.8 Å². The van der Waals surface area contributed by atoms with Gasteiger partial charge in [0, 0.05) is 12.5 Å². The lowest BCUT2D eigenvalue weighted by Crippen LogP contribution is -2.41. The highest BCUT2D eigenvalue weighted by Gasteiger charge is 2.32. The monoisotopic (exact) mass is 329 g/mol. The first-order chi connectivity index (χ1) is 11.6. The van der Waals surface area contributed by atoms with Crippen LogP contribution in [0.4, 0.5) is 0 Å². The molecule has 3 rings (SSSR count). The van der Waals surface area contributed by atoms with Crippen molar-refractivity contribution in [2.45, 2.75) is 45.1 Å². The molecule has 2 aromatic rings. The lowest BCUT2D eigenvalue weighted by atomic mass is 10.0. The molecule has 0 N–H and O–H groups in total. The van der Waals surface area contributed by atoms with Crippen molar-refractivity contribution in [2.75, 3.05) is 13.2 Å². The quantitative estimate of drug-likeness (QED) is 0.841. The van der Waals surface area contributed by atoms with E-state index < -0.39 is 0 Å². The average Bonchev–Trinajstić information content (AvgIpc) is 3.11. The highest BCUT2D eigenvalue weighted by Crippen LogP contribution is 2.30.